The van der Waals surface area contributed by atoms with Gasteiger partial charge in [-0.25, -0.2) is 4.98 Å². The van der Waals surface area contributed by atoms with Crippen LogP contribution in [0.25, 0.3) is 0 Å². The maximum absolute atomic E-state index is 6.07. The summed E-state index contributed by atoms with van der Waals surface area (Å²) in [7, 11) is 0. The lowest BCUT2D eigenvalue weighted by atomic mass is 10.0. The Morgan fingerprint density at radius 3 is 2.88 bits per heavy atom. The van der Waals surface area contributed by atoms with Gasteiger partial charge in [0.05, 0.1) is 17.2 Å². The zero-order chi connectivity index (χ0) is 11.5. The van der Waals surface area contributed by atoms with Crippen molar-refractivity contribution in [2.75, 3.05) is 0 Å². The van der Waals surface area contributed by atoms with E-state index in [-0.39, 0.29) is 6.04 Å². The Morgan fingerprint density at radius 2 is 2.19 bits per heavy atom. The summed E-state index contributed by atoms with van der Waals surface area (Å²) in [6.45, 7) is 0. The lowest BCUT2D eigenvalue weighted by molar-refractivity contribution is 0.702. The zero-order valence-electron chi connectivity index (χ0n) is 8.36. The molecular weight excluding hydrogens is 263 g/mol. The summed E-state index contributed by atoms with van der Waals surface area (Å²) in [6.07, 6.45) is 0.642. The van der Waals surface area contributed by atoms with Crippen LogP contribution in [0.15, 0.2) is 29.1 Å². The lowest BCUT2D eigenvalue weighted by Crippen LogP contribution is -2.13. The number of hydrogen-bond donors (Lipinski definition) is 1. The van der Waals surface area contributed by atoms with Crippen molar-refractivity contribution in [3.05, 3.63) is 50.4 Å². The van der Waals surface area contributed by atoms with Crippen LogP contribution in [-0.4, -0.2) is 4.98 Å². The number of nitrogens with two attached hydrogens (primary N) is 1. The van der Waals surface area contributed by atoms with E-state index in [4.69, 9.17) is 28.9 Å². The molecule has 0 spiro atoms. The normalized spacial score (nSPS) is 12.7. The number of hydrogen-bond acceptors (Lipinski definition) is 3. The summed E-state index contributed by atoms with van der Waals surface area (Å²) in [5, 5.41) is 3.31. The van der Waals surface area contributed by atoms with Gasteiger partial charge in [0.15, 0.2) is 0 Å². The van der Waals surface area contributed by atoms with Gasteiger partial charge >= 0.3 is 0 Å². The van der Waals surface area contributed by atoms with Gasteiger partial charge in [0.2, 0.25) is 0 Å². The van der Waals surface area contributed by atoms with Crippen molar-refractivity contribution in [1.82, 2.24) is 4.98 Å². The van der Waals surface area contributed by atoms with E-state index in [0.29, 0.717) is 16.5 Å². The number of halogens is 2. The van der Waals surface area contributed by atoms with Crippen molar-refractivity contribution in [2.24, 2.45) is 5.73 Å². The number of nitrogens with zero attached hydrogens (tertiary/aromatic N) is 1. The Labute approximate surface area is 108 Å². The first-order valence-electron chi connectivity index (χ1n) is 4.74. The van der Waals surface area contributed by atoms with E-state index in [0.717, 1.165) is 11.3 Å². The van der Waals surface area contributed by atoms with Gasteiger partial charge in [-0.05, 0) is 30.2 Å². The van der Waals surface area contributed by atoms with Crippen LogP contribution in [0, 0.1) is 0 Å². The number of thiazole rings is 1. The summed E-state index contributed by atoms with van der Waals surface area (Å²) in [5.41, 5.74) is 9.65. The fourth-order valence-corrected chi connectivity index (χ4v) is 2.45. The standard InChI is InChI=1S/C11H10Cl2N2S/c12-8-1-2-9(13)7(3-8)4-10(14)11-5-16-6-15-11/h1-3,5-6,10H,4,14H2. The third-order valence-electron chi connectivity index (χ3n) is 2.28. The highest BCUT2D eigenvalue weighted by molar-refractivity contribution is 7.07. The molecule has 0 radical (unpaired) electrons. The first-order chi connectivity index (χ1) is 7.66. The second kappa shape index (κ2) is 5.15. The van der Waals surface area contributed by atoms with Crippen molar-refractivity contribution in [3.8, 4) is 0 Å². The molecule has 2 N–H and O–H groups in total. The number of rotatable bonds is 3. The van der Waals surface area contributed by atoms with E-state index >= 15 is 0 Å². The van der Waals surface area contributed by atoms with Crippen LogP contribution in [-0.2, 0) is 6.42 Å². The Balaban J connectivity index is 2.17. The van der Waals surface area contributed by atoms with Crippen LogP contribution in [0.4, 0.5) is 0 Å². The van der Waals surface area contributed by atoms with Crippen molar-refractivity contribution >= 4 is 34.5 Å². The first-order valence-corrected chi connectivity index (χ1v) is 6.44. The SMILES string of the molecule is NC(Cc1cc(Cl)ccc1Cl)c1cscn1. The minimum atomic E-state index is -0.137. The predicted molar refractivity (Wildman–Crippen MR) is 69.2 cm³/mol. The summed E-state index contributed by atoms with van der Waals surface area (Å²) in [5.74, 6) is 0. The molecule has 2 rings (SSSR count). The molecule has 84 valence electrons. The summed E-state index contributed by atoms with van der Waals surface area (Å²) >= 11 is 13.5. The molecule has 1 unspecified atom stereocenters. The van der Waals surface area contributed by atoms with Crippen LogP contribution >= 0.6 is 34.5 Å². The highest BCUT2D eigenvalue weighted by Gasteiger charge is 2.11. The van der Waals surface area contributed by atoms with Crippen LogP contribution in [0.2, 0.25) is 10.0 Å². The molecule has 0 aliphatic rings. The third kappa shape index (κ3) is 2.74. The molecule has 0 bridgehead atoms. The van der Waals surface area contributed by atoms with Crippen molar-refractivity contribution in [2.45, 2.75) is 12.5 Å². The molecule has 0 fully saturated rings. The minimum absolute atomic E-state index is 0.137. The molecule has 1 atom stereocenters. The smallest absolute Gasteiger partial charge is 0.0795 e. The Bertz CT molecular complexity index is 471. The van der Waals surface area contributed by atoms with Crippen LogP contribution in [0.5, 0.6) is 0 Å². The van der Waals surface area contributed by atoms with E-state index in [1.165, 1.54) is 11.3 Å². The first kappa shape index (κ1) is 11.9. The molecule has 2 aromatic rings. The molecule has 5 heteroatoms. The van der Waals surface area contributed by atoms with E-state index < -0.39 is 0 Å². The molecule has 0 aliphatic carbocycles. The Kier molecular flexibility index (Phi) is 3.82. The quantitative estimate of drug-likeness (QED) is 0.926. The van der Waals surface area contributed by atoms with Gasteiger partial charge in [0.25, 0.3) is 0 Å². The highest BCUT2D eigenvalue weighted by Crippen LogP contribution is 2.25. The van der Waals surface area contributed by atoms with Crippen LogP contribution < -0.4 is 5.73 Å². The maximum Gasteiger partial charge on any atom is 0.0795 e. The minimum Gasteiger partial charge on any atom is -0.322 e. The molecule has 0 amide bonds. The lowest BCUT2D eigenvalue weighted by Gasteiger charge is -2.10. The third-order valence-corrected chi connectivity index (χ3v) is 3.49. The molecule has 0 aliphatic heterocycles. The molecule has 1 heterocycles. The number of benzene rings is 1. The fraction of sp³-hybridized carbons (Fsp3) is 0.182. The number of aromatic nitrogens is 1. The molecule has 1 aromatic carbocycles. The predicted octanol–water partition coefficient (Wildman–Crippen LogP) is 3.69. The van der Waals surface area contributed by atoms with Crippen molar-refractivity contribution in [3.63, 3.8) is 0 Å². The second-order valence-corrected chi connectivity index (χ2v) is 5.02. The molecule has 0 saturated heterocycles. The van der Waals surface area contributed by atoms with E-state index in [9.17, 15) is 0 Å². The average molecular weight is 273 g/mol. The van der Waals surface area contributed by atoms with E-state index in [1.807, 2.05) is 11.4 Å². The van der Waals surface area contributed by atoms with Gasteiger partial charge in [-0.2, -0.15) is 0 Å². The molecule has 2 nitrogen and oxygen atoms in total. The van der Waals surface area contributed by atoms with Gasteiger partial charge in [-0.15, -0.1) is 11.3 Å². The maximum atomic E-state index is 6.07. The van der Waals surface area contributed by atoms with Crippen LogP contribution in [0.1, 0.15) is 17.3 Å². The molecular formula is C11H10Cl2N2S. The van der Waals surface area contributed by atoms with Gasteiger partial charge in [0, 0.05) is 15.4 Å². The van der Waals surface area contributed by atoms with Crippen LogP contribution in [0.3, 0.4) is 0 Å². The fourth-order valence-electron chi connectivity index (χ4n) is 1.45. The highest BCUT2D eigenvalue weighted by atomic mass is 35.5. The second-order valence-electron chi connectivity index (χ2n) is 3.46. The summed E-state index contributed by atoms with van der Waals surface area (Å²) in [6, 6.07) is 5.26. The average Bonchev–Trinajstić information content (AvgIpc) is 2.76. The zero-order valence-corrected chi connectivity index (χ0v) is 10.7. The van der Waals surface area contributed by atoms with Crippen molar-refractivity contribution in [1.29, 1.82) is 0 Å². The van der Waals surface area contributed by atoms with E-state index in [1.54, 1.807) is 17.6 Å². The topological polar surface area (TPSA) is 38.9 Å². The summed E-state index contributed by atoms with van der Waals surface area (Å²) < 4.78 is 0. The van der Waals surface area contributed by atoms with Gasteiger partial charge in [-0.1, -0.05) is 23.2 Å². The molecule has 16 heavy (non-hydrogen) atoms. The Hall–Kier alpha value is -0.610. The van der Waals surface area contributed by atoms with Gasteiger partial charge in [-0.3, -0.25) is 0 Å². The molecule has 1 aromatic heterocycles. The monoisotopic (exact) mass is 272 g/mol. The Morgan fingerprint density at radius 1 is 1.38 bits per heavy atom. The molecule has 0 saturated carbocycles. The largest absolute Gasteiger partial charge is 0.322 e. The van der Waals surface area contributed by atoms with Gasteiger partial charge < -0.3 is 5.73 Å². The van der Waals surface area contributed by atoms with E-state index in [2.05, 4.69) is 4.98 Å². The van der Waals surface area contributed by atoms with Gasteiger partial charge in [0.1, 0.15) is 0 Å². The summed E-state index contributed by atoms with van der Waals surface area (Å²) in [4.78, 5) is 4.18. The van der Waals surface area contributed by atoms with Crippen molar-refractivity contribution < 1.29 is 0 Å².